The summed E-state index contributed by atoms with van der Waals surface area (Å²) in [5.41, 5.74) is 1.45. The lowest BCUT2D eigenvalue weighted by atomic mass is 10.1. The van der Waals surface area contributed by atoms with E-state index in [1.54, 1.807) is 26.8 Å². The van der Waals surface area contributed by atoms with Crippen molar-refractivity contribution in [2.75, 3.05) is 13.4 Å². The topological polar surface area (TPSA) is 106 Å². The number of carbonyl (C=O) groups is 1. The van der Waals surface area contributed by atoms with Crippen molar-refractivity contribution in [1.82, 2.24) is 15.5 Å². The Morgan fingerprint density at radius 3 is 2.84 bits per heavy atom. The van der Waals surface area contributed by atoms with Gasteiger partial charge in [-0.1, -0.05) is 0 Å². The maximum atomic E-state index is 11.9. The first-order valence-corrected chi connectivity index (χ1v) is 7.91. The number of fused-ring (bicyclic) bond motifs is 1. The summed E-state index contributed by atoms with van der Waals surface area (Å²) < 4.78 is 15.9. The maximum absolute atomic E-state index is 11.9. The number of ether oxygens (including phenoxy) is 3. The molecule has 0 bridgehead atoms. The van der Waals surface area contributed by atoms with Crippen LogP contribution in [0.4, 0.5) is 4.79 Å². The number of aliphatic hydroxyl groups is 1. The second-order valence-corrected chi connectivity index (χ2v) is 6.66. The normalized spacial score (nSPS) is 14.2. The number of carbonyl (C=O) groups excluding carboxylic acids is 1. The Morgan fingerprint density at radius 1 is 1.36 bits per heavy atom. The summed E-state index contributed by atoms with van der Waals surface area (Å²) in [6.07, 6.45) is -0.606. The highest BCUT2D eigenvalue weighted by atomic mass is 16.7. The lowest BCUT2D eigenvalue weighted by molar-refractivity contribution is 0.0480. The van der Waals surface area contributed by atoms with Crippen molar-refractivity contribution in [3.8, 4) is 22.8 Å². The average molecular weight is 347 g/mol. The number of alkyl carbamates (subject to hydrolysis) is 1. The average Bonchev–Trinajstić information content (AvgIpc) is 3.19. The molecule has 2 heterocycles. The Balaban J connectivity index is 1.74. The largest absolute Gasteiger partial charge is 0.454 e. The van der Waals surface area contributed by atoms with Crippen LogP contribution in [0, 0.1) is 0 Å². The van der Waals surface area contributed by atoms with E-state index in [1.165, 1.54) is 0 Å². The van der Waals surface area contributed by atoms with E-state index >= 15 is 0 Å². The zero-order valence-electron chi connectivity index (χ0n) is 14.3. The standard InChI is InChI=1S/C17H21N3O5/c1-17(2,3)25-16(22)18-13(8-21)12-7-11(19-20-12)10-4-5-14-15(6-10)24-9-23-14/h4-7,13,21H,8-9H2,1-3H3,(H,18,22)(H,19,20)/t13-/m0/s1. The van der Waals surface area contributed by atoms with E-state index in [4.69, 9.17) is 14.2 Å². The zero-order valence-corrected chi connectivity index (χ0v) is 14.3. The van der Waals surface area contributed by atoms with Gasteiger partial charge in [-0.15, -0.1) is 0 Å². The van der Waals surface area contributed by atoms with E-state index in [1.807, 2.05) is 18.2 Å². The van der Waals surface area contributed by atoms with E-state index in [2.05, 4.69) is 15.5 Å². The van der Waals surface area contributed by atoms with Crippen LogP contribution >= 0.6 is 0 Å². The number of aliphatic hydroxyl groups excluding tert-OH is 1. The molecule has 2 aromatic rings. The molecule has 134 valence electrons. The maximum Gasteiger partial charge on any atom is 0.408 e. The first-order valence-electron chi connectivity index (χ1n) is 7.91. The second-order valence-electron chi connectivity index (χ2n) is 6.66. The summed E-state index contributed by atoms with van der Waals surface area (Å²) in [7, 11) is 0. The smallest absolute Gasteiger partial charge is 0.408 e. The summed E-state index contributed by atoms with van der Waals surface area (Å²) >= 11 is 0. The van der Waals surface area contributed by atoms with Crippen LogP contribution in [0.3, 0.4) is 0 Å². The van der Waals surface area contributed by atoms with Crippen LogP contribution in [0.5, 0.6) is 11.5 Å². The molecule has 1 amide bonds. The highest BCUT2D eigenvalue weighted by molar-refractivity contribution is 5.69. The molecule has 0 aliphatic carbocycles. The molecule has 1 aromatic heterocycles. The molecule has 0 saturated heterocycles. The van der Waals surface area contributed by atoms with Crippen LogP contribution in [0.1, 0.15) is 32.5 Å². The third kappa shape index (κ3) is 4.03. The van der Waals surface area contributed by atoms with Gasteiger partial charge in [0.2, 0.25) is 6.79 Å². The number of aromatic nitrogens is 2. The fourth-order valence-electron chi connectivity index (χ4n) is 2.39. The summed E-state index contributed by atoms with van der Waals surface area (Å²) in [6.45, 7) is 5.23. The third-order valence-electron chi connectivity index (χ3n) is 3.51. The highest BCUT2D eigenvalue weighted by Crippen LogP contribution is 2.35. The molecule has 3 N–H and O–H groups in total. The molecule has 1 aliphatic heterocycles. The second kappa shape index (κ2) is 6.64. The van der Waals surface area contributed by atoms with Crippen LogP contribution in [-0.4, -0.2) is 40.4 Å². The monoisotopic (exact) mass is 347 g/mol. The Labute approximate surface area is 145 Å². The highest BCUT2D eigenvalue weighted by Gasteiger charge is 2.22. The molecule has 1 atom stereocenters. The number of hydrogen-bond donors (Lipinski definition) is 3. The Morgan fingerprint density at radius 2 is 2.12 bits per heavy atom. The predicted octanol–water partition coefficient (Wildman–Crippen LogP) is 2.36. The number of benzene rings is 1. The third-order valence-corrected chi connectivity index (χ3v) is 3.51. The van der Waals surface area contributed by atoms with Crippen molar-refractivity contribution in [1.29, 1.82) is 0 Å². The minimum atomic E-state index is -0.648. The van der Waals surface area contributed by atoms with Gasteiger partial charge in [0.25, 0.3) is 0 Å². The fraction of sp³-hybridized carbons (Fsp3) is 0.412. The number of rotatable bonds is 4. The Hall–Kier alpha value is -2.74. The van der Waals surface area contributed by atoms with E-state index < -0.39 is 17.7 Å². The van der Waals surface area contributed by atoms with Crippen LogP contribution in [0.2, 0.25) is 0 Å². The summed E-state index contributed by atoms with van der Waals surface area (Å²) in [4.78, 5) is 11.9. The summed E-state index contributed by atoms with van der Waals surface area (Å²) in [6, 6.07) is 6.62. The van der Waals surface area contributed by atoms with Crippen LogP contribution in [0.15, 0.2) is 24.3 Å². The van der Waals surface area contributed by atoms with Crippen LogP contribution < -0.4 is 14.8 Å². The quantitative estimate of drug-likeness (QED) is 0.784. The van der Waals surface area contributed by atoms with Gasteiger partial charge >= 0.3 is 6.09 Å². The first kappa shape index (κ1) is 17.1. The molecule has 8 heteroatoms. The molecule has 0 radical (unpaired) electrons. The van der Waals surface area contributed by atoms with Gasteiger partial charge < -0.3 is 24.6 Å². The zero-order chi connectivity index (χ0) is 18.0. The molecule has 0 spiro atoms. The van der Waals surface area contributed by atoms with Crippen LogP contribution in [-0.2, 0) is 4.74 Å². The van der Waals surface area contributed by atoms with Gasteiger partial charge in [0.15, 0.2) is 11.5 Å². The van der Waals surface area contributed by atoms with Crippen molar-refractivity contribution >= 4 is 6.09 Å². The molecule has 25 heavy (non-hydrogen) atoms. The van der Waals surface area contributed by atoms with E-state index in [0.717, 1.165) is 5.56 Å². The van der Waals surface area contributed by atoms with Gasteiger partial charge in [-0.25, -0.2) is 4.79 Å². The molecule has 1 aromatic carbocycles. The number of nitrogens with zero attached hydrogens (tertiary/aromatic N) is 1. The van der Waals surface area contributed by atoms with Crippen molar-refractivity contribution in [3.63, 3.8) is 0 Å². The molecule has 0 saturated carbocycles. The summed E-state index contributed by atoms with van der Waals surface area (Å²) in [5.74, 6) is 1.35. The minimum absolute atomic E-state index is 0.205. The number of amides is 1. The summed E-state index contributed by atoms with van der Waals surface area (Å²) in [5, 5.41) is 19.3. The van der Waals surface area contributed by atoms with Gasteiger partial charge in [0.1, 0.15) is 5.60 Å². The Kier molecular flexibility index (Phi) is 4.54. The SMILES string of the molecule is CC(C)(C)OC(=O)N[C@@H](CO)c1cc(-c2ccc3c(c2)OCO3)n[nH]1. The lowest BCUT2D eigenvalue weighted by Gasteiger charge is -2.22. The molecular weight excluding hydrogens is 326 g/mol. The van der Waals surface area contributed by atoms with Crippen molar-refractivity contribution in [2.24, 2.45) is 0 Å². The molecular formula is C17H21N3O5. The van der Waals surface area contributed by atoms with Crippen molar-refractivity contribution in [3.05, 3.63) is 30.0 Å². The Bertz CT molecular complexity index is 766. The van der Waals surface area contributed by atoms with Gasteiger partial charge in [-0.05, 0) is 45.0 Å². The van der Waals surface area contributed by atoms with Gasteiger partial charge in [0.05, 0.1) is 24.0 Å². The van der Waals surface area contributed by atoms with Crippen molar-refractivity contribution in [2.45, 2.75) is 32.4 Å². The molecule has 1 aliphatic rings. The lowest BCUT2D eigenvalue weighted by Crippen LogP contribution is -2.36. The predicted molar refractivity (Wildman–Crippen MR) is 89.3 cm³/mol. The molecule has 0 unspecified atom stereocenters. The number of nitrogens with one attached hydrogen (secondary N) is 2. The first-order chi connectivity index (χ1) is 11.9. The van der Waals surface area contributed by atoms with Gasteiger partial charge in [-0.3, -0.25) is 5.10 Å². The number of H-pyrrole nitrogens is 1. The van der Waals surface area contributed by atoms with Gasteiger partial charge in [0, 0.05) is 5.56 Å². The van der Waals surface area contributed by atoms with E-state index in [-0.39, 0.29) is 13.4 Å². The number of hydrogen-bond acceptors (Lipinski definition) is 6. The molecule has 8 nitrogen and oxygen atoms in total. The van der Waals surface area contributed by atoms with Crippen LogP contribution in [0.25, 0.3) is 11.3 Å². The fourth-order valence-corrected chi connectivity index (χ4v) is 2.39. The van der Waals surface area contributed by atoms with Gasteiger partial charge in [-0.2, -0.15) is 5.10 Å². The molecule has 3 rings (SSSR count). The number of aromatic amines is 1. The van der Waals surface area contributed by atoms with E-state index in [9.17, 15) is 9.90 Å². The molecule has 0 fully saturated rings. The minimum Gasteiger partial charge on any atom is -0.454 e. The van der Waals surface area contributed by atoms with E-state index in [0.29, 0.717) is 22.9 Å². The van der Waals surface area contributed by atoms with Crippen molar-refractivity contribution < 1.29 is 24.1 Å².